The topological polar surface area (TPSA) is 81.8 Å². The summed E-state index contributed by atoms with van der Waals surface area (Å²) < 4.78 is 0. The molecule has 0 saturated carbocycles. The summed E-state index contributed by atoms with van der Waals surface area (Å²) in [5.41, 5.74) is 1.69. The number of carbonyl (C=O) groups is 3. The third kappa shape index (κ3) is 4.76. The maximum atomic E-state index is 12.6. The number of carbonyl (C=O) groups excluding carboxylic acids is 3. The Morgan fingerprint density at radius 3 is 2.65 bits per heavy atom. The van der Waals surface area contributed by atoms with Gasteiger partial charge >= 0.3 is 0 Å². The average Bonchev–Trinajstić information content (AvgIpc) is 2.99. The maximum Gasteiger partial charge on any atom is 0.221 e. The molecule has 1 aromatic carbocycles. The lowest BCUT2D eigenvalue weighted by Gasteiger charge is -2.38. The van der Waals surface area contributed by atoms with Crippen molar-refractivity contribution in [1.29, 1.82) is 0 Å². The second kappa shape index (κ2) is 8.99. The minimum atomic E-state index is -0.278. The zero-order valence-corrected chi connectivity index (χ0v) is 18.7. The average molecular weight is 427 g/mol. The van der Waals surface area contributed by atoms with E-state index >= 15 is 0 Å². The molecule has 0 bridgehead atoms. The molecule has 3 fully saturated rings. The van der Waals surface area contributed by atoms with E-state index in [1.165, 1.54) is 6.92 Å². The van der Waals surface area contributed by atoms with Gasteiger partial charge in [-0.1, -0.05) is 18.6 Å². The molecule has 0 unspecified atom stereocenters. The van der Waals surface area contributed by atoms with Gasteiger partial charge in [0.25, 0.3) is 0 Å². The lowest BCUT2D eigenvalue weighted by atomic mass is 9.79. The molecular formula is C24H34N4O3. The lowest BCUT2D eigenvalue weighted by molar-refractivity contribution is -0.130. The summed E-state index contributed by atoms with van der Waals surface area (Å²) in [6, 6.07) is 8.51. The largest absolute Gasteiger partial charge is 0.349 e. The zero-order chi connectivity index (χ0) is 22.0. The molecule has 7 nitrogen and oxygen atoms in total. The second-order valence-corrected chi connectivity index (χ2v) is 9.44. The number of nitrogens with zero attached hydrogens (tertiary/aromatic N) is 2. The molecular weight excluding hydrogens is 392 g/mol. The van der Waals surface area contributed by atoms with Crippen molar-refractivity contribution in [3.05, 3.63) is 29.8 Å². The molecule has 3 aliphatic heterocycles. The number of rotatable bonds is 3. The van der Waals surface area contributed by atoms with Gasteiger partial charge in [-0.05, 0) is 43.4 Å². The highest BCUT2D eigenvalue weighted by atomic mass is 16.2. The van der Waals surface area contributed by atoms with Gasteiger partial charge in [0.2, 0.25) is 17.7 Å². The lowest BCUT2D eigenvalue weighted by Crippen LogP contribution is -2.53. The van der Waals surface area contributed by atoms with Crippen molar-refractivity contribution in [2.75, 3.05) is 31.5 Å². The van der Waals surface area contributed by atoms with E-state index in [2.05, 4.69) is 27.7 Å². The van der Waals surface area contributed by atoms with E-state index in [1.54, 1.807) is 6.92 Å². The molecule has 1 spiro atoms. The summed E-state index contributed by atoms with van der Waals surface area (Å²) in [6.45, 7) is 6.50. The molecule has 3 aliphatic rings. The molecule has 0 aliphatic carbocycles. The van der Waals surface area contributed by atoms with Gasteiger partial charge in [0.05, 0.1) is 5.54 Å². The van der Waals surface area contributed by atoms with E-state index in [1.807, 2.05) is 17.0 Å². The van der Waals surface area contributed by atoms with Gasteiger partial charge in [-0.3, -0.25) is 19.3 Å². The Kier molecular flexibility index (Phi) is 6.32. The van der Waals surface area contributed by atoms with E-state index in [0.29, 0.717) is 12.5 Å². The van der Waals surface area contributed by atoms with Crippen LogP contribution >= 0.6 is 0 Å². The van der Waals surface area contributed by atoms with Gasteiger partial charge < -0.3 is 15.5 Å². The molecule has 2 N–H and O–H groups in total. The predicted molar refractivity (Wildman–Crippen MR) is 120 cm³/mol. The van der Waals surface area contributed by atoms with Crippen LogP contribution in [0.15, 0.2) is 24.3 Å². The van der Waals surface area contributed by atoms with Crippen LogP contribution in [-0.2, 0) is 14.4 Å². The molecule has 168 valence electrons. The number of benzene rings is 1. The molecule has 31 heavy (non-hydrogen) atoms. The van der Waals surface area contributed by atoms with Crippen LogP contribution in [0.25, 0.3) is 0 Å². The third-order valence-corrected chi connectivity index (χ3v) is 7.27. The van der Waals surface area contributed by atoms with Crippen molar-refractivity contribution in [3.8, 4) is 0 Å². The SMILES string of the molecule is CC(=O)Nc1cccc([C@@H]2CN(C3CCN(C(C)=O)CC3)C[C@]23CCCCC(=O)N3)c1. The molecule has 4 rings (SSSR count). The van der Waals surface area contributed by atoms with Crippen LogP contribution in [0.2, 0.25) is 0 Å². The highest BCUT2D eigenvalue weighted by Gasteiger charge is 2.50. The smallest absolute Gasteiger partial charge is 0.221 e. The van der Waals surface area contributed by atoms with Gasteiger partial charge in [0.1, 0.15) is 0 Å². The summed E-state index contributed by atoms with van der Waals surface area (Å²) in [6.07, 6.45) is 5.49. The fourth-order valence-corrected chi connectivity index (χ4v) is 5.74. The van der Waals surface area contributed by atoms with Gasteiger partial charge in [0, 0.05) is 64.1 Å². The molecule has 3 saturated heterocycles. The quantitative estimate of drug-likeness (QED) is 0.778. The summed E-state index contributed by atoms with van der Waals surface area (Å²) in [4.78, 5) is 40.4. The Labute approximate surface area is 184 Å². The van der Waals surface area contributed by atoms with Crippen molar-refractivity contribution in [2.24, 2.45) is 0 Å². The fourth-order valence-electron chi connectivity index (χ4n) is 5.74. The van der Waals surface area contributed by atoms with Crippen molar-refractivity contribution in [3.63, 3.8) is 0 Å². The number of likely N-dealkylation sites (tertiary alicyclic amines) is 2. The number of piperidine rings is 1. The van der Waals surface area contributed by atoms with Crippen molar-refractivity contribution in [1.82, 2.24) is 15.1 Å². The first kappa shape index (κ1) is 21.8. The number of hydrogen-bond donors (Lipinski definition) is 2. The highest BCUT2D eigenvalue weighted by Crippen LogP contribution is 2.43. The number of hydrogen-bond acceptors (Lipinski definition) is 4. The van der Waals surface area contributed by atoms with Crippen LogP contribution in [0.1, 0.15) is 63.9 Å². The minimum absolute atomic E-state index is 0.0834. The first-order chi connectivity index (χ1) is 14.9. The first-order valence-corrected chi connectivity index (χ1v) is 11.5. The van der Waals surface area contributed by atoms with E-state index in [4.69, 9.17) is 0 Å². The number of anilines is 1. The monoisotopic (exact) mass is 426 g/mol. The van der Waals surface area contributed by atoms with Crippen LogP contribution in [-0.4, -0.2) is 65.3 Å². The molecule has 3 heterocycles. The van der Waals surface area contributed by atoms with E-state index < -0.39 is 0 Å². The molecule has 1 aromatic rings. The predicted octanol–water partition coefficient (Wildman–Crippen LogP) is 2.48. The van der Waals surface area contributed by atoms with Crippen LogP contribution in [0.4, 0.5) is 5.69 Å². The van der Waals surface area contributed by atoms with E-state index in [-0.39, 0.29) is 29.2 Å². The third-order valence-electron chi connectivity index (χ3n) is 7.27. The highest BCUT2D eigenvalue weighted by molar-refractivity contribution is 5.88. The van der Waals surface area contributed by atoms with Crippen LogP contribution in [0, 0.1) is 0 Å². The molecule has 7 heteroatoms. The summed E-state index contributed by atoms with van der Waals surface area (Å²) in [5.74, 6) is 0.391. The maximum absolute atomic E-state index is 12.6. The minimum Gasteiger partial charge on any atom is -0.349 e. The standard InChI is InChI=1S/C24H34N4O3/c1-17(29)25-20-7-5-6-19(14-20)22-15-28(21-9-12-27(13-10-21)18(2)30)16-24(22)11-4-3-8-23(31)26-24/h5-7,14,21-22H,3-4,8-13,15-16H2,1-2H3,(H,25,29)(H,26,31)/t22-,24+/m0/s1. The van der Waals surface area contributed by atoms with Gasteiger partial charge in [-0.2, -0.15) is 0 Å². The van der Waals surface area contributed by atoms with Gasteiger partial charge in [-0.15, -0.1) is 0 Å². The number of amides is 3. The number of nitrogens with one attached hydrogen (secondary N) is 2. The summed E-state index contributed by atoms with van der Waals surface area (Å²) in [7, 11) is 0. The van der Waals surface area contributed by atoms with Crippen molar-refractivity contribution < 1.29 is 14.4 Å². The van der Waals surface area contributed by atoms with Crippen molar-refractivity contribution in [2.45, 2.75) is 69.9 Å². The molecule has 0 radical (unpaired) electrons. The Balaban J connectivity index is 1.60. The Hall–Kier alpha value is -2.41. The zero-order valence-electron chi connectivity index (χ0n) is 18.7. The van der Waals surface area contributed by atoms with Crippen LogP contribution < -0.4 is 10.6 Å². The van der Waals surface area contributed by atoms with E-state index in [9.17, 15) is 14.4 Å². The molecule has 3 amide bonds. The van der Waals surface area contributed by atoms with Crippen LogP contribution in [0.5, 0.6) is 0 Å². The van der Waals surface area contributed by atoms with Gasteiger partial charge in [0.15, 0.2) is 0 Å². The van der Waals surface area contributed by atoms with E-state index in [0.717, 1.165) is 69.5 Å². The summed E-state index contributed by atoms with van der Waals surface area (Å²) >= 11 is 0. The molecule has 2 atom stereocenters. The normalized spacial score (nSPS) is 27.7. The summed E-state index contributed by atoms with van der Waals surface area (Å²) in [5, 5.41) is 6.32. The second-order valence-electron chi connectivity index (χ2n) is 9.44. The van der Waals surface area contributed by atoms with Crippen molar-refractivity contribution >= 4 is 23.4 Å². The molecule has 0 aromatic heterocycles. The first-order valence-electron chi connectivity index (χ1n) is 11.5. The Morgan fingerprint density at radius 2 is 1.94 bits per heavy atom. The Morgan fingerprint density at radius 1 is 1.16 bits per heavy atom. The Bertz CT molecular complexity index is 849. The fraction of sp³-hybridized carbons (Fsp3) is 0.625. The van der Waals surface area contributed by atoms with Crippen LogP contribution in [0.3, 0.4) is 0 Å². The van der Waals surface area contributed by atoms with Gasteiger partial charge in [-0.25, -0.2) is 0 Å².